The van der Waals surface area contributed by atoms with Crippen LogP contribution < -0.4 is 4.74 Å². The molecule has 0 unspecified atom stereocenters. The zero-order valence-corrected chi connectivity index (χ0v) is 9.27. The Morgan fingerprint density at radius 1 is 1.44 bits per heavy atom. The molecular formula is C12H13FN2O. The van der Waals surface area contributed by atoms with Crippen molar-refractivity contribution in [2.75, 3.05) is 0 Å². The standard InChI is InChI=1S/C12H13FN2O/c1-9-14-11(7-15(9)2)8-16-12-5-3-4-10(13)6-12/h3-7H,8H2,1-2H3. The van der Waals surface area contributed by atoms with E-state index < -0.39 is 0 Å². The highest BCUT2D eigenvalue weighted by molar-refractivity contribution is 5.22. The van der Waals surface area contributed by atoms with Crippen LogP contribution in [0.1, 0.15) is 11.5 Å². The van der Waals surface area contributed by atoms with Crippen molar-refractivity contribution in [3.8, 4) is 5.75 Å². The molecule has 3 nitrogen and oxygen atoms in total. The number of ether oxygens (including phenoxy) is 1. The van der Waals surface area contributed by atoms with Crippen LogP contribution in [0, 0.1) is 12.7 Å². The van der Waals surface area contributed by atoms with Crippen LogP contribution in [-0.2, 0) is 13.7 Å². The van der Waals surface area contributed by atoms with E-state index in [1.165, 1.54) is 12.1 Å². The molecule has 0 aliphatic rings. The molecule has 16 heavy (non-hydrogen) atoms. The van der Waals surface area contributed by atoms with Crippen molar-refractivity contribution in [2.45, 2.75) is 13.5 Å². The van der Waals surface area contributed by atoms with Crippen LogP contribution in [0.15, 0.2) is 30.5 Å². The molecule has 0 fully saturated rings. The smallest absolute Gasteiger partial charge is 0.132 e. The van der Waals surface area contributed by atoms with E-state index in [-0.39, 0.29) is 5.82 Å². The van der Waals surface area contributed by atoms with Crippen molar-refractivity contribution < 1.29 is 9.13 Å². The third-order valence-electron chi connectivity index (χ3n) is 2.34. The quantitative estimate of drug-likeness (QED) is 0.794. The molecule has 0 amide bonds. The maximum atomic E-state index is 12.9. The van der Waals surface area contributed by atoms with Crippen LogP contribution in [0.5, 0.6) is 5.75 Å². The van der Waals surface area contributed by atoms with Crippen LogP contribution in [0.2, 0.25) is 0 Å². The van der Waals surface area contributed by atoms with Gasteiger partial charge in [0.15, 0.2) is 0 Å². The summed E-state index contributed by atoms with van der Waals surface area (Å²) >= 11 is 0. The molecule has 0 aliphatic heterocycles. The maximum Gasteiger partial charge on any atom is 0.132 e. The van der Waals surface area contributed by atoms with E-state index in [1.54, 1.807) is 12.1 Å². The first kappa shape index (κ1) is 10.7. The van der Waals surface area contributed by atoms with E-state index in [1.807, 2.05) is 24.7 Å². The molecule has 0 aliphatic carbocycles. The molecule has 0 saturated carbocycles. The van der Waals surface area contributed by atoms with E-state index in [4.69, 9.17) is 4.74 Å². The number of imidazole rings is 1. The molecule has 0 spiro atoms. The zero-order valence-electron chi connectivity index (χ0n) is 9.27. The van der Waals surface area contributed by atoms with Crippen molar-refractivity contribution in [1.29, 1.82) is 0 Å². The minimum atomic E-state index is -0.297. The first-order chi connectivity index (χ1) is 7.65. The van der Waals surface area contributed by atoms with Crippen LogP contribution in [0.4, 0.5) is 4.39 Å². The molecule has 0 bridgehead atoms. The SMILES string of the molecule is Cc1nc(COc2cccc(F)c2)cn1C. The lowest BCUT2D eigenvalue weighted by Gasteiger charge is -2.03. The van der Waals surface area contributed by atoms with E-state index in [2.05, 4.69) is 4.98 Å². The average molecular weight is 220 g/mol. The fourth-order valence-electron chi connectivity index (χ4n) is 1.42. The van der Waals surface area contributed by atoms with Gasteiger partial charge >= 0.3 is 0 Å². The average Bonchev–Trinajstić information content (AvgIpc) is 2.56. The Bertz CT molecular complexity index is 474. The predicted molar refractivity (Wildman–Crippen MR) is 58.7 cm³/mol. The van der Waals surface area contributed by atoms with Gasteiger partial charge in [0.05, 0.1) is 5.69 Å². The normalized spacial score (nSPS) is 10.4. The van der Waals surface area contributed by atoms with Gasteiger partial charge < -0.3 is 9.30 Å². The van der Waals surface area contributed by atoms with E-state index >= 15 is 0 Å². The fourth-order valence-corrected chi connectivity index (χ4v) is 1.42. The van der Waals surface area contributed by atoms with Crippen molar-refractivity contribution in [2.24, 2.45) is 7.05 Å². The third-order valence-corrected chi connectivity index (χ3v) is 2.34. The molecule has 84 valence electrons. The summed E-state index contributed by atoms with van der Waals surface area (Å²) < 4.78 is 20.2. The van der Waals surface area contributed by atoms with Crippen LogP contribution in [0.25, 0.3) is 0 Å². The largest absolute Gasteiger partial charge is 0.487 e. The summed E-state index contributed by atoms with van der Waals surface area (Å²) in [5.74, 6) is 1.15. The van der Waals surface area contributed by atoms with Gasteiger partial charge in [0.2, 0.25) is 0 Å². The molecule has 1 heterocycles. The molecule has 4 heteroatoms. The van der Waals surface area contributed by atoms with Crippen molar-refractivity contribution in [3.63, 3.8) is 0 Å². The van der Waals surface area contributed by atoms with Gasteiger partial charge in [0.25, 0.3) is 0 Å². The fraction of sp³-hybridized carbons (Fsp3) is 0.250. The molecule has 1 aromatic heterocycles. The summed E-state index contributed by atoms with van der Waals surface area (Å²) in [6.07, 6.45) is 1.90. The summed E-state index contributed by atoms with van der Waals surface area (Å²) in [5, 5.41) is 0. The maximum absolute atomic E-state index is 12.9. The molecule has 0 atom stereocenters. The molecule has 2 rings (SSSR count). The highest BCUT2D eigenvalue weighted by atomic mass is 19.1. The lowest BCUT2D eigenvalue weighted by atomic mass is 10.3. The summed E-state index contributed by atoms with van der Waals surface area (Å²) in [6, 6.07) is 6.08. The van der Waals surface area contributed by atoms with E-state index in [0.717, 1.165) is 11.5 Å². The molecule has 0 N–H and O–H groups in total. The number of halogens is 1. The Hall–Kier alpha value is -1.84. The predicted octanol–water partition coefficient (Wildman–Crippen LogP) is 2.45. The van der Waals surface area contributed by atoms with Gasteiger partial charge in [0.1, 0.15) is 24.0 Å². The summed E-state index contributed by atoms with van der Waals surface area (Å²) in [5.41, 5.74) is 0.837. The van der Waals surface area contributed by atoms with Crippen LogP contribution in [-0.4, -0.2) is 9.55 Å². The Kier molecular flexibility index (Phi) is 2.90. The van der Waals surface area contributed by atoms with Gasteiger partial charge in [-0.2, -0.15) is 0 Å². The van der Waals surface area contributed by atoms with Gasteiger partial charge in [-0.25, -0.2) is 9.37 Å². The minimum Gasteiger partial charge on any atom is -0.487 e. The Morgan fingerprint density at radius 3 is 2.88 bits per heavy atom. The van der Waals surface area contributed by atoms with Gasteiger partial charge in [0, 0.05) is 19.3 Å². The Balaban J connectivity index is 2.02. The second kappa shape index (κ2) is 4.35. The first-order valence-corrected chi connectivity index (χ1v) is 5.02. The topological polar surface area (TPSA) is 27.1 Å². The number of hydrogen-bond acceptors (Lipinski definition) is 2. The molecule has 2 aromatic rings. The number of rotatable bonds is 3. The Morgan fingerprint density at radius 2 is 2.25 bits per heavy atom. The van der Waals surface area contributed by atoms with Gasteiger partial charge in [-0.3, -0.25) is 0 Å². The van der Waals surface area contributed by atoms with Crippen LogP contribution in [0.3, 0.4) is 0 Å². The highest BCUT2D eigenvalue weighted by Crippen LogP contribution is 2.13. The van der Waals surface area contributed by atoms with Gasteiger partial charge in [-0.1, -0.05) is 6.07 Å². The van der Waals surface area contributed by atoms with Gasteiger partial charge in [-0.15, -0.1) is 0 Å². The van der Waals surface area contributed by atoms with E-state index in [9.17, 15) is 4.39 Å². The molecule has 0 saturated heterocycles. The summed E-state index contributed by atoms with van der Waals surface area (Å²) in [7, 11) is 1.92. The van der Waals surface area contributed by atoms with E-state index in [0.29, 0.717) is 12.4 Å². The second-order valence-electron chi connectivity index (χ2n) is 3.64. The monoisotopic (exact) mass is 220 g/mol. The zero-order chi connectivity index (χ0) is 11.5. The number of benzene rings is 1. The number of hydrogen-bond donors (Lipinski definition) is 0. The highest BCUT2D eigenvalue weighted by Gasteiger charge is 2.02. The third kappa shape index (κ3) is 2.39. The number of aromatic nitrogens is 2. The van der Waals surface area contributed by atoms with Crippen LogP contribution >= 0.6 is 0 Å². The lowest BCUT2D eigenvalue weighted by Crippen LogP contribution is -1.95. The summed E-state index contributed by atoms with van der Waals surface area (Å²) in [4.78, 5) is 4.29. The number of aryl methyl sites for hydroxylation is 2. The van der Waals surface area contributed by atoms with Crippen molar-refractivity contribution in [3.05, 3.63) is 47.8 Å². The molecular weight excluding hydrogens is 207 g/mol. The molecule has 1 aromatic carbocycles. The second-order valence-corrected chi connectivity index (χ2v) is 3.64. The lowest BCUT2D eigenvalue weighted by molar-refractivity contribution is 0.300. The van der Waals surface area contributed by atoms with Crippen molar-refractivity contribution >= 4 is 0 Å². The van der Waals surface area contributed by atoms with Gasteiger partial charge in [-0.05, 0) is 19.1 Å². The molecule has 0 radical (unpaired) electrons. The Labute approximate surface area is 93.5 Å². The number of nitrogens with zero attached hydrogens (tertiary/aromatic N) is 2. The first-order valence-electron chi connectivity index (χ1n) is 5.02. The van der Waals surface area contributed by atoms with Crippen molar-refractivity contribution in [1.82, 2.24) is 9.55 Å². The summed E-state index contributed by atoms with van der Waals surface area (Å²) in [6.45, 7) is 2.27. The minimum absolute atomic E-state index is 0.297.